The lowest BCUT2D eigenvalue weighted by molar-refractivity contribution is -0.141. The Balaban J connectivity index is 1.16. The molecule has 1 saturated carbocycles. The Morgan fingerprint density at radius 3 is 2.25 bits per heavy atom. The quantitative estimate of drug-likeness (QED) is 0.126. The van der Waals surface area contributed by atoms with Gasteiger partial charge in [0.05, 0.1) is 5.69 Å². The Bertz CT molecular complexity index is 2020. The number of hydrogen-bond donors (Lipinski definition) is 2. The van der Waals surface area contributed by atoms with Crippen LogP contribution in [-0.2, 0) is 30.6 Å². The van der Waals surface area contributed by atoms with E-state index in [0.717, 1.165) is 39.9 Å². The molecular formula is C41H42F3N5O4. The predicted octanol–water partition coefficient (Wildman–Crippen LogP) is 9.16. The van der Waals surface area contributed by atoms with Crippen molar-refractivity contribution in [2.24, 2.45) is 5.92 Å². The van der Waals surface area contributed by atoms with Gasteiger partial charge >= 0.3 is 12.3 Å². The van der Waals surface area contributed by atoms with E-state index in [-0.39, 0.29) is 17.9 Å². The molecule has 53 heavy (non-hydrogen) atoms. The lowest BCUT2D eigenvalue weighted by Crippen LogP contribution is -2.32. The zero-order valence-corrected chi connectivity index (χ0v) is 29.8. The van der Waals surface area contributed by atoms with Crippen molar-refractivity contribution in [3.63, 3.8) is 0 Å². The van der Waals surface area contributed by atoms with Crippen molar-refractivity contribution >= 4 is 23.4 Å². The van der Waals surface area contributed by atoms with Crippen molar-refractivity contribution in [1.29, 1.82) is 0 Å². The maximum absolute atomic E-state index is 13.9. The van der Waals surface area contributed by atoms with Gasteiger partial charge in [0.25, 0.3) is 5.91 Å². The Morgan fingerprint density at radius 1 is 0.849 bits per heavy atom. The summed E-state index contributed by atoms with van der Waals surface area (Å²) in [5, 5.41) is 9.17. The van der Waals surface area contributed by atoms with Crippen LogP contribution < -0.4 is 20.3 Å². The van der Waals surface area contributed by atoms with Crippen molar-refractivity contribution in [2.45, 2.75) is 65.1 Å². The van der Waals surface area contributed by atoms with Gasteiger partial charge in [-0.25, -0.2) is 9.48 Å². The van der Waals surface area contributed by atoms with E-state index in [4.69, 9.17) is 9.47 Å². The van der Waals surface area contributed by atoms with E-state index in [1.165, 1.54) is 18.9 Å². The number of nitrogens with one attached hydrogen (secondary N) is 2. The Morgan fingerprint density at radius 2 is 1.55 bits per heavy atom. The van der Waals surface area contributed by atoms with Crippen molar-refractivity contribution in [3.05, 3.63) is 137 Å². The third-order valence-corrected chi connectivity index (χ3v) is 8.41. The van der Waals surface area contributed by atoms with Crippen molar-refractivity contribution in [1.82, 2.24) is 15.1 Å². The number of carbonyl (C=O) groups excluding carboxylic acids is 2. The molecule has 0 unspecified atom stereocenters. The maximum atomic E-state index is 13.9. The number of rotatable bonds is 13. The number of ether oxygens (including phenoxy) is 2. The molecule has 5 aromatic rings. The molecule has 9 nitrogen and oxygen atoms in total. The van der Waals surface area contributed by atoms with E-state index in [2.05, 4.69) is 20.6 Å². The van der Waals surface area contributed by atoms with Crippen molar-refractivity contribution in [2.75, 3.05) is 16.8 Å². The summed E-state index contributed by atoms with van der Waals surface area (Å²) in [6.07, 6.45) is -3.09. The van der Waals surface area contributed by atoms with Crippen LogP contribution in [0.3, 0.4) is 0 Å². The smallest absolute Gasteiger partial charge is 0.435 e. The highest BCUT2D eigenvalue weighted by molar-refractivity contribution is 6.03. The third kappa shape index (κ3) is 10.6. The number of aromatic nitrogens is 2. The van der Waals surface area contributed by atoms with E-state index in [1.54, 1.807) is 51.1 Å². The average molecular weight is 726 g/mol. The highest BCUT2D eigenvalue weighted by atomic mass is 19.4. The highest BCUT2D eigenvalue weighted by Gasteiger charge is 2.36. The normalized spacial score (nSPS) is 12.9. The third-order valence-electron chi connectivity index (χ3n) is 8.41. The molecule has 276 valence electrons. The SMILES string of the molecule is CC(C)(C)OC(=O)NCc1cccc(-n2nc(C(F)(F)F)cc2C(=O)Nc2cccc(CN(CC3CC3)c3ccc(OCc4ccccc4)cc3)c2)c1. The van der Waals surface area contributed by atoms with Crippen LogP contribution in [0.5, 0.6) is 5.75 Å². The van der Waals surface area contributed by atoms with Gasteiger partial charge in [-0.2, -0.15) is 18.3 Å². The molecule has 12 heteroatoms. The van der Waals surface area contributed by atoms with Crippen LogP contribution >= 0.6 is 0 Å². The maximum Gasteiger partial charge on any atom is 0.435 e. The minimum atomic E-state index is -4.78. The van der Waals surface area contributed by atoms with E-state index in [9.17, 15) is 22.8 Å². The van der Waals surface area contributed by atoms with Crippen LogP contribution in [0.2, 0.25) is 0 Å². The first-order valence-electron chi connectivity index (χ1n) is 17.4. The van der Waals surface area contributed by atoms with Gasteiger partial charge in [-0.05, 0) is 105 Å². The number of carbonyl (C=O) groups is 2. The molecule has 0 saturated heterocycles. The monoisotopic (exact) mass is 725 g/mol. The molecule has 1 aliphatic carbocycles. The molecule has 0 radical (unpaired) electrons. The second-order valence-corrected chi connectivity index (χ2v) is 14.1. The number of anilines is 2. The van der Waals surface area contributed by atoms with E-state index < -0.39 is 29.5 Å². The Labute approximate surface area is 306 Å². The second kappa shape index (κ2) is 15.9. The molecule has 6 rings (SSSR count). The summed E-state index contributed by atoms with van der Waals surface area (Å²) in [5.74, 6) is 0.607. The summed E-state index contributed by atoms with van der Waals surface area (Å²) in [5.41, 5.74) is 2.05. The summed E-state index contributed by atoms with van der Waals surface area (Å²) >= 11 is 0. The van der Waals surface area contributed by atoms with Gasteiger partial charge in [-0.1, -0.05) is 54.6 Å². The molecule has 0 spiro atoms. The molecule has 0 atom stereocenters. The number of amides is 2. The summed E-state index contributed by atoms with van der Waals surface area (Å²) in [6.45, 7) is 7.16. The van der Waals surface area contributed by atoms with Gasteiger partial charge < -0.3 is 25.0 Å². The topological polar surface area (TPSA) is 97.7 Å². The summed E-state index contributed by atoms with van der Waals surface area (Å²) in [6, 6.07) is 32.4. The number of halogens is 3. The largest absolute Gasteiger partial charge is 0.489 e. The first kappa shape index (κ1) is 37.0. The van der Waals surface area contributed by atoms with E-state index in [0.29, 0.717) is 30.3 Å². The molecular weight excluding hydrogens is 683 g/mol. The molecule has 1 aliphatic rings. The van der Waals surface area contributed by atoms with Gasteiger partial charge in [0.1, 0.15) is 23.7 Å². The minimum Gasteiger partial charge on any atom is -0.489 e. The first-order valence-corrected chi connectivity index (χ1v) is 17.4. The number of benzene rings is 4. The van der Waals surface area contributed by atoms with Crippen LogP contribution in [0.25, 0.3) is 5.69 Å². The molecule has 1 heterocycles. The van der Waals surface area contributed by atoms with Gasteiger partial charge in [-0.15, -0.1) is 0 Å². The van der Waals surface area contributed by atoms with Crippen LogP contribution in [0.15, 0.2) is 109 Å². The molecule has 1 aromatic heterocycles. The van der Waals surface area contributed by atoms with Crippen LogP contribution in [0.4, 0.5) is 29.3 Å². The molecule has 1 fully saturated rings. The standard InChI is InChI=1S/C41H42F3N5O4/c1-40(2,3)53-39(51)45-24-30-11-8-14-34(22-30)49-36(23-37(47-49)41(42,43)44)38(50)46-32-13-7-12-31(21-32)26-48(25-28-15-16-28)33-17-19-35(20-18-33)52-27-29-9-5-4-6-10-29/h4-14,17-23,28H,15-16,24-27H2,1-3H3,(H,45,51)(H,46,50). The van der Waals surface area contributed by atoms with Crippen molar-refractivity contribution in [3.8, 4) is 11.4 Å². The van der Waals surface area contributed by atoms with Gasteiger partial charge in [-0.3, -0.25) is 4.79 Å². The molecule has 0 bridgehead atoms. The highest BCUT2D eigenvalue weighted by Crippen LogP contribution is 2.33. The first-order chi connectivity index (χ1) is 25.3. The van der Waals surface area contributed by atoms with Crippen LogP contribution in [0, 0.1) is 5.92 Å². The van der Waals surface area contributed by atoms with Crippen LogP contribution in [-0.4, -0.2) is 33.9 Å². The number of hydrogen-bond acceptors (Lipinski definition) is 6. The zero-order chi connectivity index (χ0) is 37.6. The minimum absolute atomic E-state index is 0.0500. The fourth-order valence-corrected chi connectivity index (χ4v) is 5.70. The average Bonchev–Trinajstić information content (AvgIpc) is 3.81. The second-order valence-electron chi connectivity index (χ2n) is 14.1. The van der Waals surface area contributed by atoms with E-state index >= 15 is 0 Å². The van der Waals surface area contributed by atoms with Crippen LogP contribution in [0.1, 0.15) is 66.5 Å². The number of alkyl halides is 3. The van der Waals surface area contributed by atoms with E-state index in [1.807, 2.05) is 66.7 Å². The number of nitrogens with zero attached hydrogens (tertiary/aromatic N) is 3. The molecule has 4 aromatic carbocycles. The fraction of sp³-hybridized carbons (Fsp3) is 0.293. The van der Waals surface area contributed by atoms with Crippen molar-refractivity contribution < 1.29 is 32.2 Å². The number of alkyl carbamates (subject to hydrolysis) is 1. The van der Waals surface area contributed by atoms with Gasteiger partial charge in [0, 0.05) is 37.1 Å². The van der Waals surface area contributed by atoms with Gasteiger partial charge in [0.2, 0.25) is 0 Å². The van der Waals surface area contributed by atoms with Gasteiger partial charge in [0.15, 0.2) is 5.69 Å². The summed E-state index contributed by atoms with van der Waals surface area (Å²) in [4.78, 5) is 28.1. The Hall–Kier alpha value is -5.78. The molecule has 2 N–H and O–H groups in total. The molecule has 0 aliphatic heterocycles. The lowest BCUT2D eigenvalue weighted by atomic mass is 10.1. The lowest BCUT2D eigenvalue weighted by Gasteiger charge is -2.25. The summed E-state index contributed by atoms with van der Waals surface area (Å²) < 4.78 is 53.8. The molecule has 2 amide bonds. The fourth-order valence-electron chi connectivity index (χ4n) is 5.70. The predicted molar refractivity (Wildman–Crippen MR) is 197 cm³/mol. The Kier molecular flexibility index (Phi) is 11.1. The zero-order valence-electron chi connectivity index (χ0n) is 29.8. The summed E-state index contributed by atoms with van der Waals surface area (Å²) in [7, 11) is 0.